The van der Waals surface area contributed by atoms with Crippen molar-refractivity contribution in [2.24, 2.45) is 7.05 Å². The lowest BCUT2D eigenvalue weighted by atomic mass is 9.79. The molecule has 2 heterocycles. The normalized spacial score (nSPS) is 20.6. The summed E-state index contributed by atoms with van der Waals surface area (Å²) in [5, 5.41) is 22.7. The Morgan fingerprint density at radius 3 is 1.93 bits per heavy atom. The van der Waals surface area contributed by atoms with Crippen molar-refractivity contribution in [2.45, 2.75) is 36.4 Å². The van der Waals surface area contributed by atoms with Gasteiger partial charge in [0.15, 0.2) is 11.2 Å². The molecule has 42 heavy (non-hydrogen) atoms. The number of fused-ring (bicyclic) bond motifs is 1. The highest BCUT2D eigenvalue weighted by Gasteiger charge is 2.49. The van der Waals surface area contributed by atoms with Crippen LogP contribution >= 0.6 is 0 Å². The van der Waals surface area contributed by atoms with Crippen LogP contribution in [0.1, 0.15) is 29.2 Å². The van der Waals surface area contributed by atoms with Gasteiger partial charge in [0.05, 0.1) is 39.0 Å². The Morgan fingerprint density at radius 2 is 1.36 bits per heavy atom. The van der Waals surface area contributed by atoms with Gasteiger partial charge in [0.2, 0.25) is 0 Å². The van der Waals surface area contributed by atoms with E-state index in [2.05, 4.69) is 9.97 Å². The first kappa shape index (κ1) is 27.6. The van der Waals surface area contributed by atoms with Crippen LogP contribution in [0.5, 0.6) is 11.5 Å². The van der Waals surface area contributed by atoms with Crippen molar-refractivity contribution in [1.82, 2.24) is 19.1 Å². The number of imidazole rings is 1. The van der Waals surface area contributed by atoms with E-state index in [1.54, 1.807) is 25.8 Å². The van der Waals surface area contributed by atoms with Gasteiger partial charge in [0.25, 0.3) is 5.56 Å². The molecule has 6 rings (SSSR count). The molecule has 0 unspecified atom stereocenters. The fourth-order valence-electron chi connectivity index (χ4n) is 5.85. The molecule has 1 saturated carbocycles. The number of aryl methyl sites for hydroxylation is 1. The van der Waals surface area contributed by atoms with Gasteiger partial charge in [-0.15, -0.1) is 0 Å². The Hall–Kier alpha value is -4.51. The Kier molecular flexibility index (Phi) is 7.28. The smallest absolute Gasteiger partial charge is 0.281 e. The molecule has 2 aromatic heterocycles. The standard InChI is InChI=1S/C32H32N4O6/c1-35-18-34-30-27(31(35)39)33-19-36(30)25-17-26(29(38)28(25)37)42-32(20-7-5-4-6-8-20,21-9-13-23(40-2)14-10-21)22-11-15-24(41-3)16-12-22/h4-16,18-19,25-26,28-29,37-38H,17H2,1-3H3/t25-,26+,28+,29-/m1/s1. The zero-order valence-electron chi connectivity index (χ0n) is 23.5. The summed E-state index contributed by atoms with van der Waals surface area (Å²) in [5.41, 5.74) is 1.53. The number of aliphatic hydroxyl groups is 2. The molecule has 0 spiro atoms. The highest BCUT2D eigenvalue weighted by molar-refractivity contribution is 5.69. The predicted molar refractivity (Wildman–Crippen MR) is 156 cm³/mol. The van der Waals surface area contributed by atoms with Crippen molar-refractivity contribution < 1.29 is 24.4 Å². The van der Waals surface area contributed by atoms with Gasteiger partial charge in [-0.3, -0.25) is 4.79 Å². The quantitative estimate of drug-likeness (QED) is 0.274. The number of hydrogen-bond donors (Lipinski definition) is 2. The summed E-state index contributed by atoms with van der Waals surface area (Å²) >= 11 is 0. The molecule has 0 bridgehead atoms. The zero-order valence-corrected chi connectivity index (χ0v) is 23.5. The minimum Gasteiger partial charge on any atom is -0.497 e. The molecule has 216 valence electrons. The van der Waals surface area contributed by atoms with Gasteiger partial charge >= 0.3 is 0 Å². The van der Waals surface area contributed by atoms with Crippen molar-refractivity contribution in [2.75, 3.05) is 14.2 Å². The maximum Gasteiger partial charge on any atom is 0.281 e. The molecule has 10 nitrogen and oxygen atoms in total. The lowest BCUT2D eigenvalue weighted by Crippen LogP contribution is -2.41. The van der Waals surface area contributed by atoms with Crippen molar-refractivity contribution >= 4 is 11.2 Å². The predicted octanol–water partition coefficient (Wildman–Crippen LogP) is 3.19. The monoisotopic (exact) mass is 568 g/mol. The Morgan fingerprint density at radius 1 is 0.786 bits per heavy atom. The van der Waals surface area contributed by atoms with Crippen molar-refractivity contribution in [3.05, 3.63) is 119 Å². The van der Waals surface area contributed by atoms with Crippen molar-refractivity contribution in [3.63, 3.8) is 0 Å². The number of benzene rings is 3. The van der Waals surface area contributed by atoms with E-state index >= 15 is 0 Å². The van der Waals surface area contributed by atoms with Gasteiger partial charge in [0.1, 0.15) is 29.3 Å². The van der Waals surface area contributed by atoms with Crippen LogP contribution in [0.25, 0.3) is 11.2 Å². The number of ether oxygens (including phenoxy) is 3. The summed E-state index contributed by atoms with van der Waals surface area (Å²) in [5.74, 6) is 1.38. The molecule has 1 aliphatic rings. The van der Waals surface area contributed by atoms with Crippen LogP contribution in [0.15, 0.2) is 96.3 Å². The third-order valence-electron chi connectivity index (χ3n) is 8.10. The lowest BCUT2D eigenvalue weighted by molar-refractivity contribution is -0.107. The molecule has 0 saturated heterocycles. The first-order valence-electron chi connectivity index (χ1n) is 13.6. The van der Waals surface area contributed by atoms with Crippen LogP contribution in [0.2, 0.25) is 0 Å². The molecule has 0 radical (unpaired) electrons. The molecule has 1 aliphatic carbocycles. The zero-order chi connectivity index (χ0) is 29.4. The third kappa shape index (κ3) is 4.53. The van der Waals surface area contributed by atoms with E-state index in [0.717, 1.165) is 16.7 Å². The van der Waals surface area contributed by atoms with Gasteiger partial charge in [-0.2, -0.15) is 0 Å². The van der Waals surface area contributed by atoms with E-state index in [9.17, 15) is 15.0 Å². The van der Waals surface area contributed by atoms with Gasteiger partial charge in [-0.05, 0) is 47.4 Å². The topological polar surface area (TPSA) is 121 Å². The van der Waals surface area contributed by atoms with Crippen LogP contribution in [0.4, 0.5) is 0 Å². The first-order valence-corrected chi connectivity index (χ1v) is 13.6. The summed E-state index contributed by atoms with van der Waals surface area (Å²) in [7, 11) is 4.83. The number of aliphatic hydroxyl groups excluding tert-OH is 2. The van der Waals surface area contributed by atoms with E-state index in [1.807, 2.05) is 78.9 Å². The van der Waals surface area contributed by atoms with E-state index in [1.165, 1.54) is 17.2 Å². The van der Waals surface area contributed by atoms with E-state index < -0.39 is 30.0 Å². The Balaban J connectivity index is 1.47. The van der Waals surface area contributed by atoms with Crippen LogP contribution in [0.3, 0.4) is 0 Å². The van der Waals surface area contributed by atoms with Crippen LogP contribution in [-0.4, -0.2) is 61.8 Å². The summed E-state index contributed by atoms with van der Waals surface area (Å²) in [6, 6.07) is 24.4. The number of aromatic nitrogens is 4. The molecule has 0 aliphatic heterocycles. The van der Waals surface area contributed by atoms with Crippen molar-refractivity contribution in [1.29, 1.82) is 0 Å². The van der Waals surface area contributed by atoms with Crippen LogP contribution in [-0.2, 0) is 17.4 Å². The summed E-state index contributed by atoms with van der Waals surface area (Å²) in [4.78, 5) is 21.3. The molecule has 3 aromatic carbocycles. The first-order chi connectivity index (χ1) is 20.4. The van der Waals surface area contributed by atoms with E-state index in [0.29, 0.717) is 17.1 Å². The minimum atomic E-state index is -1.24. The maximum absolute atomic E-state index is 12.6. The highest BCUT2D eigenvalue weighted by Crippen LogP contribution is 2.46. The summed E-state index contributed by atoms with van der Waals surface area (Å²) < 4.78 is 20.9. The fourth-order valence-corrected chi connectivity index (χ4v) is 5.85. The largest absolute Gasteiger partial charge is 0.497 e. The minimum absolute atomic E-state index is 0.196. The molecule has 10 heteroatoms. The molecule has 0 amide bonds. The lowest BCUT2D eigenvalue weighted by Gasteiger charge is -2.39. The molecular formula is C32H32N4O6. The van der Waals surface area contributed by atoms with Gasteiger partial charge in [0, 0.05) is 7.05 Å². The second-order valence-electron chi connectivity index (χ2n) is 10.4. The molecular weight excluding hydrogens is 536 g/mol. The number of methoxy groups -OCH3 is 2. The van der Waals surface area contributed by atoms with Gasteiger partial charge in [-0.25, -0.2) is 9.97 Å². The second kappa shape index (κ2) is 11.1. The van der Waals surface area contributed by atoms with Crippen molar-refractivity contribution in [3.8, 4) is 11.5 Å². The van der Waals surface area contributed by atoms with Crippen LogP contribution in [0, 0.1) is 0 Å². The Bertz CT molecular complexity index is 1690. The molecule has 2 N–H and O–H groups in total. The fraction of sp³-hybridized carbons (Fsp3) is 0.281. The number of hydrogen-bond acceptors (Lipinski definition) is 8. The van der Waals surface area contributed by atoms with E-state index in [-0.39, 0.29) is 17.5 Å². The third-order valence-corrected chi connectivity index (χ3v) is 8.10. The number of nitrogens with zero attached hydrogens (tertiary/aromatic N) is 4. The average Bonchev–Trinajstić information content (AvgIpc) is 3.59. The maximum atomic E-state index is 12.6. The average molecular weight is 569 g/mol. The molecule has 5 aromatic rings. The molecule has 4 atom stereocenters. The highest BCUT2D eigenvalue weighted by atomic mass is 16.5. The van der Waals surface area contributed by atoms with Crippen LogP contribution < -0.4 is 15.0 Å². The summed E-state index contributed by atoms with van der Waals surface area (Å²) in [6.45, 7) is 0. The Labute approximate surface area is 242 Å². The second-order valence-corrected chi connectivity index (χ2v) is 10.4. The SMILES string of the molecule is COc1ccc(C(O[C@H]2C[C@@H](n3cnc4c(=O)n(C)cnc43)[C@H](O)[C@@H]2O)(c2ccccc2)c2ccc(OC)cc2)cc1. The van der Waals surface area contributed by atoms with E-state index in [4.69, 9.17) is 14.2 Å². The van der Waals surface area contributed by atoms with Gasteiger partial charge < -0.3 is 33.6 Å². The number of rotatable bonds is 8. The molecule has 1 fully saturated rings. The van der Waals surface area contributed by atoms with Gasteiger partial charge in [-0.1, -0.05) is 54.6 Å². The summed E-state index contributed by atoms with van der Waals surface area (Å²) in [6.07, 6.45) is -0.0941.